The van der Waals surface area contributed by atoms with Gasteiger partial charge in [-0.25, -0.2) is 4.98 Å². The average molecular weight is 388 g/mol. The third kappa shape index (κ3) is 6.01. The second kappa shape index (κ2) is 9.99. The van der Waals surface area contributed by atoms with Crippen LogP contribution in [0.15, 0.2) is 30.3 Å². The molecule has 0 radical (unpaired) electrons. The van der Waals surface area contributed by atoms with Gasteiger partial charge in [-0.3, -0.25) is 4.79 Å². The number of hydrogen-bond donors (Lipinski definition) is 3. The molecular formula is C20H24N2O4S. The van der Waals surface area contributed by atoms with Crippen LogP contribution in [0.5, 0.6) is 5.75 Å². The van der Waals surface area contributed by atoms with Gasteiger partial charge in [-0.15, -0.1) is 11.3 Å². The van der Waals surface area contributed by atoms with Crippen molar-refractivity contribution in [2.45, 2.75) is 39.2 Å². The Morgan fingerprint density at radius 1 is 1.37 bits per heavy atom. The fraction of sp³-hybridized carbons (Fsp3) is 0.350. The number of aliphatic hydroxyl groups is 1. The molecule has 1 atom stereocenters. The third-order valence-electron chi connectivity index (χ3n) is 4.05. The number of aliphatic carboxylic acids is 1. The van der Waals surface area contributed by atoms with E-state index in [9.17, 15) is 4.79 Å². The molecule has 0 bridgehead atoms. The van der Waals surface area contributed by atoms with Gasteiger partial charge in [-0.2, -0.15) is 0 Å². The predicted molar refractivity (Wildman–Crippen MR) is 107 cm³/mol. The molecule has 0 spiro atoms. The monoisotopic (exact) mass is 388 g/mol. The van der Waals surface area contributed by atoms with Gasteiger partial charge in [0.2, 0.25) is 0 Å². The molecule has 2 rings (SSSR count). The van der Waals surface area contributed by atoms with Crippen molar-refractivity contribution in [3.8, 4) is 5.75 Å². The molecular weight excluding hydrogens is 364 g/mol. The van der Waals surface area contributed by atoms with Crippen molar-refractivity contribution < 1.29 is 19.7 Å². The van der Waals surface area contributed by atoms with E-state index in [1.54, 1.807) is 35.6 Å². The fourth-order valence-corrected chi connectivity index (χ4v) is 3.61. The van der Waals surface area contributed by atoms with Gasteiger partial charge < -0.3 is 20.4 Å². The molecule has 0 aliphatic carbocycles. The van der Waals surface area contributed by atoms with Crippen LogP contribution in [-0.4, -0.2) is 33.5 Å². The first-order valence-electron chi connectivity index (χ1n) is 8.66. The molecule has 1 aromatic heterocycles. The first-order chi connectivity index (χ1) is 12.9. The largest absolute Gasteiger partial charge is 0.488 e. The number of benzene rings is 1. The van der Waals surface area contributed by atoms with Crippen molar-refractivity contribution in [3.05, 3.63) is 51.5 Å². The maximum Gasteiger partial charge on any atom is 0.304 e. The van der Waals surface area contributed by atoms with E-state index in [-0.39, 0.29) is 25.2 Å². The molecule has 7 heteroatoms. The molecule has 0 aliphatic rings. The summed E-state index contributed by atoms with van der Waals surface area (Å²) >= 11 is 1.59. The quantitative estimate of drug-likeness (QED) is 0.533. The number of carbonyl (C=O) groups is 1. The second-order valence-corrected chi connectivity index (χ2v) is 7.18. The van der Waals surface area contributed by atoms with E-state index < -0.39 is 11.9 Å². The van der Waals surface area contributed by atoms with E-state index in [1.807, 2.05) is 26.0 Å². The predicted octanol–water partition coefficient (Wildman–Crippen LogP) is 4.02. The van der Waals surface area contributed by atoms with Gasteiger partial charge in [0.1, 0.15) is 17.4 Å². The van der Waals surface area contributed by atoms with Gasteiger partial charge in [-0.1, -0.05) is 18.2 Å². The number of nitrogens with zero attached hydrogens (tertiary/aromatic N) is 1. The van der Waals surface area contributed by atoms with Gasteiger partial charge >= 0.3 is 5.97 Å². The second-order valence-electron chi connectivity index (χ2n) is 6.07. The number of aliphatic hydroxyl groups excluding tert-OH is 1. The summed E-state index contributed by atoms with van der Waals surface area (Å²) in [6.45, 7) is 4.15. The van der Waals surface area contributed by atoms with Crippen molar-refractivity contribution in [1.29, 1.82) is 5.41 Å². The highest BCUT2D eigenvalue weighted by Gasteiger charge is 2.20. The Bertz CT molecular complexity index is 812. The van der Waals surface area contributed by atoms with Gasteiger partial charge in [0.25, 0.3) is 0 Å². The maximum atomic E-state index is 11.1. The molecule has 0 aliphatic heterocycles. The van der Waals surface area contributed by atoms with Gasteiger partial charge in [0.15, 0.2) is 0 Å². The number of hydrogen-bond acceptors (Lipinski definition) is 6. The van der Waals surface area contributed by atoms with Crippen molar-refractivity contribution >= 4 is 29.1 Å². The normalized spacial score (nSPS) is 12.3. The lowest BCUT2D eigenvalue weighted by atomic mass is 9.89. The first kappa shape index (κ1) is 20.8. The SMILES string of the molecule is C/C=C/c1nc(C)c(COc2ccc(C(CC(=O)O)C(=N)CCO)cc2)s1. The van der Waals surface area contributed by atoms with E-state index >= 15 is 0 Å². The van der Waals surface area contributed by atoms with Crippen molar-refractivity contribution in [1.82, 2.24) is 4.98 Å². The Labute approximate surface area is 162 Å². The first-order valence-corrected chi connectivity index (χ1v) is 9.48. The van der Waals surface area contributed by atoms with Crippen LogP contribution in [0.25, 0.3) is 6.08 Å². The zero-order chi connectivity index (χ0) is 19.8. The molecule has 1 aromatic carbocycles. The van der Waals surface area contributed by atoms with Crippen molar-refractivity contribution in [2.24, 2.45) is 0 Å². The highest BCUT2D eigenvalue weighted by atomic mass is 32.1. The van der Waals surface area contributed by atoms with Gasteiger partial charge in [0.05, 0.1) is 17.0 Å². The zero-order valence-electron chi connectivity index (χ0n) is 15.4. The Kier molecular flexibility index (Phi) is 7.69. The molecule has 27 heavy (non-hydrogen) atoms. The summed E-state index contributed by atoms with van der Waals surface area (Å²) in [5.74, 6) is -0.849. The molecule has 0 saturated heterocycles. The van der Waals surface area contributed by atoms with Crippen LogP contribution in [0.3, 0.4) is 0 Å². The molecule has 1 heterocycles. The molecule has 2 aromatic rings. The van der Waals surface area contributed by atoms with Crippen LogP contribution in [0.4, 0.5) is 0 Å². The minimum Gasteiger partial charge on any atom is -0.488 e. The minimum atomic E-state index is -0.972. The van der Waals surface area contributed by atoms with E-state index in [4.69, 9.17) is 20.4 Å². The number of thiazole rings is 1. The summed E-state index contributed by atoms with van der Waals surface area (Å²) in [5.41, 5.74) is 1.89. The number of carboxylic acid groups (broad SMARTS) is 1. The number of aryl methyl sites for hydroxylation is 1. The molecule has 0 fully saturated rings. The van der Waals surface area contributed by atoms with E-state index in [1.165, 1.54) is 0 Å². The van der Waals surface area contributed by atoms with E-state index in [0.717, 1.165) is 21.1 Å². The number of ether oxygens (including phenoxy) is 1. The third-order valence-corrected chi connectivity index (χ3v) is 5.15. The fourth-order valence-electron chi connectivity index (χ4n) is 2.66. The van der Waals surface area contributed by atoms with Crippen LogP contribution in [-0.2, 0) is 11.4 Å². The lowest BCUT2D eigenvalue weighted by molar-refractivity contribution is -0.137. The van der Waals surface area contributed by atoms with Crippen LogP contribution in [0, 0.1) is 12.3 Å². The Morgan fingerprint density at radius 2 is 2.07 bits per heavy atom. The summed E-state index contributed by atoms with van der Waals surface area (Å²) in [4.78, 5) is 16.6. The zero-order valence-corrected chi connectivity index (χ0v) is 16.3. The number of aromatic nitrogens is 1. The number of nitrogens with one attached hydrogen (secondary N) is 1. The summed E-state index contributed by atoms with van der Waals surface area (Å²) in [6.07, 6.45) is 3.89. The molecule has 144 valence electrons. The highest BCUT2D eigenvalue weighted by Crippen LogP contribution is 2.26. The number of rotatable bonds is 10. The standard InChI is InChI=1S/C20H24N2O4S/c1-3-4-19-22-13(2)18(27-19)12-26-15-7-5-14(6-8-15)16(11-20(24)25)17(21)9-10-23/h3-8,16,21,23H,9-12H2,1-2H3,(H,24,25)/b4-3+,21-17?. The summed E-state index contributed by atoms with van der Waals surface area (Å²) in [7, 11) is 0. The van der Waals surface area contributed by atoms with Crippen LogP contribution in [0.1, 0.15) is 46.8 Å². The topological polar surface area (TPSA) is 104 Å². The summed E-state index contributed by atoms with van der Waals surface area (Å²) < 4.78 is 5.82. The highest BCUT2D eigenvalue weighted by molar-refractivity contribution is 7.12. The van der Waals surface area contributed by atoms with E-state index in [2.05, 4.69) is 4.98 Å². The smallest absolute Gasteiger partial charge is 0.304 e. The number of carboxylic acids is 1. The lowest BCUT2D eigenvalue weighted by Crippen LogP contribution is -2.17. The molecule has 0 saturated carbocycles. The van der Waals surface area contributed by atoms with Crippen molar-refractivity contribution in [2.75, 3.05) is 6.61 Å². The molecule has 6 nitrogen and oxygen atoms in total. The van der Waals surface area contributed by atoms with Gasteiger partial charge in [0, 0.05) is 24.7 Å². The van der Waals surface area contributed by atoms with Crippen LogP contribution in [0.2, 0.25) is 0 Å². The summed E-state index contributed by atoms with van der Waals surface area (Å²) in [5, 5.41) is 27.1. The Morgan fingerprint density at radius 3 is 2.67 bits per heavy atom. The molecule has 0 amide bonds. The number of allylic oxidation sites excluding steroid dienone is 1. The summed E-state index contributed by atoms with van der Waals surface area (Å²) in [6, 6.07) is 7.11. The molecule has 1 unspecified atom stereocenters. The van der Waals surface area contributed by atoms with Crippen LogP contribution >= 0.6 is 11.3 Å². The van der Waals surface area contributed by atoms with Crippen LogP contribution < -0.4 is 4.74 Å². The van der Waals surface area contributed by atoms with E-state index in [0.29, 0.717) is 12.4 Å². The minimum absolute atomic E-state index is 0.162. The maximum absolute atomic E-state index is 11.1. The lowest BCUT2D eigenvalue weighted by Gasteiger charge is -2.17. The Balaban J connectivity index is 2.06. The molecule has 3 N–H and O–H groups in total. The average Bonchev–Trinajstić information content (AvgIpc) is 2.98. The van der Waals surface area contributed by atoms with Gasteiger partial charge in [-0.05, 0) is 37.6 Å². The van der Waals surface area contributed by atoms with Crippen molar-refractivity contribution in [3.63, 3.8) is 0 Å². The Hall–Kier alpha value is -2.51.